The molecule has 2 aliphatic rings. The minimum atomic E-state index is -3.25. The van der Waals surface area contributed by atoms with Crippen molar-refractivity contribution in [1.29, 1.82) is 0 Å². The Balaban J connectivity index is 1.83. The van der Waals surface area contributed by atoms with Crippen molar-refractivity contribution in [2.75, 3.05) is 20.2 Å². The fourth-order valence-corrected chi connectivity index (χ4v) is 4.34. The van der Waals surface area contributed by atoms with Gasteiger partial charge >= 0.3 is 5.97 Å². The summed E-state index contributed by atoms with van der Waals surface area (Å²) in [5, 5.41) is -0.403. The summed E-state index contributed by atoms with van der Waals surface area (Å²) in [5.74, 6) is -0.320. The maximum Gasteiger partial charge on any atom is 0.322 e. The van der Waals surface area contributed by atoms with E-state index in [1.807, 2.05) is 4.90 Å². The van der Waals surface area contributed by atoms with Crippen LogP contribution in [0.5, 0.6) is 0 Å². The van der Waals surface area contributed by atoms with E-state index in [0.717, 1.165) is 25.7 Å². The van der Waals surface area contributed by atoms with E-state index in [2.05, 4.69) is 9.46 Å². The zero-order valence-electron chi connectivity index (χ0n) is 11.5. The Kier molecular flexibility index (Phi) is 4.47. The van der Waals surface area contributed by atoms with Crippen molar-refractivity contribution in [1.82, 2.24) is 9.62 Å². The molecule has 1 saturated heterocycles. The third-order valence-corrected chi connectivity index (χ3v) is 5.93. The zero-order chi connectivity index (χ0) is 14.0. The Morgan fingerprint density at radius 1 is 1.32 bits per heavy atom. The molecule has 0 aromatic heterocycles. The highest BCUT2D eigenvalue weighted by Gasteiger charge is 2.42. The Hall–Kier alpha value is -0.660. The maximum absolute atomic E-state index is 12.1. The van der Waals surface area contributed by atoms with E-state index >= 15 is 0 Å². The number of methoxy groups -OCH3 is 1. The fraction of sp³-hybridized carbons (Fsp3) is 0.917. The highest BCUT2D eigenvalue weighted by atomic mass is 32.2. The highest BCUT2D eigenvalue weighted by Crippen LogP contribution is 2.23. The van der Waals surface area contributed by atoms with Crippen LogP contribution >= 0.6 is 0 Å². The second-order valence-electron chi connectivity index (χ2n) is 5.42. The van der Waals surface area contributed by atoms with Crippen molar-refractivity contribution in [2.24, 2.45) is 0 Å². The molecule has 2 fully saturated rings. The lowest BCUT2D eigenvalue weighted by Gasteiger charge is -2.41. The first-order valence-electron chi connectivity index (χ1n) is 6.77. The van der Waals surface area contributed by atoms with E-state index in [9.17, 15) is 13.2 Å². The van der Waals surface area contributed by atoms with Crippen molar-refractivity contribution in [3.05, 3.63) is 0 Å². The normalized spacial score (nSPS) is 24.1. The van der Waals surface area contributed by atoms with Crippen LogP contribution in [0.1, 0.15) is 32.6 Å². The van der Waals surface area contributed by atoms with Crippen molar-refractivity contribution in [3.63, 3.8) is 0 Å². The van der Waals surface area contributed by atoms with Crippen LogP contribution < -0.4 is 4.72 Å². The minimum Gasteiger partial charge on any atom is -0.468 e. The summed E-state index contributed by atoms with van der Waals surface area (Å²) < 4.78 is 31.7. The van der Waals surface area contributed by atoms with Gasteiger partial charge in [-0.3, -0.25) is 9.69 Å². The van der Waals surface area contributed by atoms with Crippen LogP contribution in [-0.2, 0) is 19.6 Å². The molecule has 0 radical (unpaired) electrons. The monoisotopic (exact) mass is 290 g/mol. The Morgan fingerprint density at radius 3 is 2.42 bits per heavy atom. The van der Waals surface area contributed by atoms with Gasteiger partial charge in [0.25, 0.3) is 0 Å². The fourth-order valence-electron chi connectivity index (χ4n) is 2.67. The van der Waals surface area contributed by atoms with Crippen LogP contribution in [0.3, 0.4) is 0 Å². The molecule has 110 valence electrons. The standard InChI is InChI=1S/C12H22N2O4S/c1-9(12(15)18-2)14-7-11(8-14)19(16,17)13-10-5-3-4-6-10/h9-11,13H,3-8H2,1-2H3. The van der Waals surface area contributed by atoms with Gasteiger partial charge in [0.05, 0.1) is 7.11 Å². The van der Waals surface area contributed by atoms with Gasteiger partial charge < -0.3 is 4.74 Å². The molecule has 6 nitrogen and oxygen atoms in total. The highest BCUT2D eigenvalue weighted by molar-refractivity contribution is 7.90. The van der Waals surface area contributed by atoms with Crippen molar-refractivity contribution >= 4 is 16.0 Å². The van der Waals surface area contributed by atoms with Gasteiger partial charge in [0.2, 0.25) is 10.0 Å². The number of carbonyl (C=O) groups excluding carboxylic acids is 1. The van der Waals surface area contributed by atoms with Crippen molar-refractivity contribution < 1.29 is 17.9 Å². The zero-order valence-corrected chi connectivity index (χ0v) is 12.3. The van der Waals surface area contributed by atoms with E-state index in [0.29, 0.717) is 13.1 Å². The number of esters is 1. The predicted octanol–water partition coefficient (Wildman–Crippen LogP) is 0.0941. The molecule has 0 aromatic carbocycles. The van der Waals surface area contributed by atoms with Gasteiger partial charge in [0, 0.05) is 19.1 Å². The van der Waals surface area contributed by atoms with Gasteiger partial charge in [-0.15, -0.1) is 0 Å². The smallest absolute Gasteiger partial charge is 0.322 e. The van der Waals surface area contributed by atoms with Crippen LogP contribution in [0, 0.1) is 0 Å². The molecule has 1 aliphatic carbocycles. The lowest BCUT2D eigenvalue weighted by molar-refractivity contribution is -0.147. The van der Waals surface area contributed by atoms with Crippen molar-refractivity contribution in [3.8, 4) is 0 Å². The maximum atomic E-state index is 12.1. The molecule has 7 heteroatoms. The Labute approximate surface area is 114 Å². The van der Waals surface area contributed by atoms with E-state index in [1.54, 1.807) is 6.92 Å². The van der Waals surface area contributed by atoms with Crippen LogP contribution in [0.15, 0.2) is 0 Å². The third kappa shape index (κ3) is 3.27. The lowest BCUT2D eigenvalue weighted by Crippen LogP contribution is -2.62. The molecule has 2 rings (SSSR count). The Morgan fingerprint density at radius 2 is 1.89 bits per heavy atom. The molecular weight excluding hydrogens is 268 g/mol. The molecular formula is C12H22N2O4S. The minimum absolute atomic E-state index is 0.108. The number of rotatable bonds is 5. The first kappa shape index (κ1) is 14.7. The summed E-state index contributed by atoms with van der Waals surface area (Å²) in [5.41, 5.74) is 0. The SMILES string of the molecule is COC(=O)C(C)N1CC(S(=O)(=O)NC2CCCC2)C1. The van der Waals surface area contributed by atoms with E-state index in [4.69, 9.17) is 0 Å². The quantitative estimate of drug-likeness (QED) is 0.727. The molecule has 19 heavy (non-hydrogen) atoms. The largest absolute Gasteiger partial charge is 0.468 e. The second-order valence-corrected chi connectivity index (χ2v) is 7.41. The van der Waals surface area contributed by atoms with Crippen LogP contribution in [-0.4, -0.2) is 56.8 Å². The summed E-state index contributed by atoms with van der Waals surface area (Å²) >= 11 is 0. The van der Waals surface area contributed by atoms with Gasteiger partial charge in [0.15, 0.2) is 0 Å². The van der Waals surface area contributed by atoms with Gasteiger partial charge in [-0.25, -0.2) is 13.1 Å². The molecule has 0 bridgehead atoms. The molecule has 0 spiro atoms. The molecule has 1 aliphatic heterocycles. The average molecular weight is 290 g/mol. The molecule has 1 atom stereocenters. The number of nitrogens with zero attached hydrogens (tertiary/aromatic N) is 1. The third-order valence-electron chi connectivity index (χ3n) is 4.09. The van der Waals surface area contributed by atoms with Gasteiger partial charge in [-0.05, 0) is 19.8 Å². The summed E-state index contributed by atoms with van der Waals surface area (Å²) in [6, 6.07) is -0.264. The van der Waals surface area contributed by atoms with Crippen molar-refractivity contribution in [2.45, 2.75) is 49.9 Å². The summed E-state index contributed by atoms with van der Waals surface area (Å²) in [6.07, 6.45) is 4.08. The molecule has 1 saturated carbocycles. The second kappa shape index (κ2) is 5.76. The molecule has 1 heterocycles. The van der Waals surface area contributed by atoms with E-state index < -0.39 is 15.3 Å². The summed E-state index contributed by atoms with van der Waals surface area (Å²) in [4.78, 5) is 13.2. The van der Waals surface area contributed by atoms with Gasteiger partial charge in [-0.1, -0.05) is 12.8 Å². The number of sulfonamides is 1. The van der Waals surface area contributed by atoms with Gasteiger partial charge in [0.1, 0.15) is 11.3 Å². The van der Waals surface area contributed by atoms with Crippen LogP contribution in [0.25, 0.3) is 0 Å². The van der Waals surface area contributed by atoms with Crippen LogP contribution in [0.2, 0.25) is 0 Å². The topological polar surface area (TPSA) is 75.7 Å². The molecule has 0 aromatic rings. The van der Waals surface area contributed by atoms with Crippen LogP contribution in [0.4, 0.5) is 0 Å². The van der Waals surface area contributed by atoms with E-state index in [-0.39, 0.29) is 18.1 Å². The number of likely N-dealkylation sites (tertiary alicyclic amines) is 1. The van der Waals surface area contributed by atoms with Gasteiger partial charge in [-0.2, -0.15) is 0 Å². The summed E-state index contributed by atoms with van der Waals surface area (Å²) in [6.45, 7) is 2.54. The number of hydrogen-bond acceptors (Lipinski definition) is 5. The number of carbonyl (C=O) groups is 1. The summed E-state index contributed by atoms with van der Waals surface area (Å²) in [7, 11) is -1.91. The molecule has 0 amide bonds. The number of ether oxygens (including phenoxy) is 1. The average Bonchev–Trinajstić information content (AvgIpc) is 2.77. The Bertz CT molecular complexity index is 425. The first-order valence-corrected chi connectivity index (χ1v) is 8.31. The first-order chi connectivity index (χ1) is 8.94. The lowest BCUT2D eigenvalue weighted by atomic mass is 10.1. The molecule has 1 unspecified atom stereocenters. The predicted molar refractivity (Wildman–Crippen MR) is 71.2 cm³/mol. The number of hydrogen-bond donors (Lipinski definition) is 1. The molecule has 1 N–H and O–H groups in total. The number of nitrogens with one attached hydrogen (secondary N) is 1. The van der Waals surface area contributed by atoms with E-state index in [1.165, 1.54) is 7.11 Å².